The third-order valence-electron chi connectivity index (χ3n) is 4.90. The van der Waals surface area contributed by atoms with Crippen LogP contribution in [-0.4, -0.2) is 59.6 Å². The van der Waals surface area contributed by atoms with Crippen molar-refractivity contribution < 1.29 is 14.3 Å². The SMILES string of the molecule is COC1CCCC1C1COCCN1C(=O)Cc1cnn(C)c1. The molecule has 2 heterocycles. The number of methoxy groups -OCH3 is 1. The van der Waals surface area contributed by atoms with Gasteiger partial charge in [-0.25, -0.2) is 0 Å². The summed E-state index contributed by atoms with van der Waals surface area (Å²) in [7, 11) is 3.64. The van der Waals surface area contributed by atoms with Crippen molar-refractivity contribution in [2.75, 3.05) is 26.9 Å². The molecule has 6 heteroatoms. The van der Waals surface area contributed by atoms with E-state index in [4.69, 9.17) is 9.47 Å². The molecule has 1 aliphatic carbocycles. The second-order valence-corrected chi connectivity index (χ2v) is 6.30. The number of aryl methyl sites for hydroxylation is 1. The lowest BCUT2D eigenvalue weighted by Gasteiger charge is -2.40. The number of ether oxygens (including phenoxy) is 2. The molecule has 122 valence electrons. The van der Waals surface area contributed by atoms with E-state index in [2.05, 4.69) is 5.10 Å². The summed E-state index contributed by atoms with van der Waals surface area (Å²) in [5.74, 6) is 0.561. The first-order valence-electron chi connectivity index (χ1n) is 8.06. The van der Waals surface area contributed by atoms with Crippen molar-refractivity contribution in [1.82, 2.24) is 14.7 Å². The van der Waals surface area contributed by atoms with Crippen molar-refractivity contribution in [3.63, 3.8) is 0 Å². The van der Waals surface area contributed by atoms with Crippen LogP contribution in [-0.2, 0) is 27.7 Å². The third kappa shape index (κ3) is 3.17. The molecule has 1 amide bonds. The van der Waals surface area contributed by atoms with Crippen LogP contribution in [0.15, 0.2) is 12.4 Å². The molecule has 0 N–H and O–H groups in total. The van der Waals surface area contributed by atoms with Crippen LogP contribution < -0.4 is 0 Å². The molecule has 22 heavy (non-hydrogen) atoms. The number of aromatic nitrogens is 2. The lowest BCUT2D eigenvalue weighted by atomic mass is 9.93. The van der Waals surface area contributed by atoms with E-state index in [0.29, 0.717) is 32.1 Å². The minimum absolute atomic E-state index is 0.144. The molecule has 1 saturated carbocycles. The van der Waals surface area contributed by atoms with Crippen LogP contribution >= 0.6 is 0 Å². The highest BCUT2D eigenvalue weighted by Crippen LogP contribution is 2.34. The van der Waals surface area contributed by atoms with Crippen molar-refractivity contribution in [1.29, 1.82) is 0 Å². The number of nitrogens with zero attached hydrogens (tertiary/aromatic N) is 3. The third-order valence-corrected chi connectivity index (χ3v) is 4.90. The fourth-order valence-electron chi connectivity index (χ4n) is 3.81. The zero-order valence-corrected chi connectivity index (χ0v) is 13.4. The van der Waals surface area contributed by atoms with Crippen LogP contribution in [0.4, 0.5) is 0 Å². The van der Waals surface area contributed by atoms with Gasteiger partial charge in [0.1, 0.15) is 0 Å². The van der Waals surface area contributed by atoms with Gasteiger partial charge < -0.3 is 14.4 Å². The van der Waals surface area contributed by atoms with Crippen LogP contribution in [0.5, 0.6) is 0 Å². The van der Waals surface area contributed by atoms with Gasteiger partial charge in [0.05, 0.1) is 38.0 Å². The summed E-state index contributed by atoms with van der Waals surface area (Å²) >= 11 is 0. The summed E-state index contributed by atoms with van der Waals surface area (Å²) in [6.45, 7) is 1.93. The maximum atomic E-state index is 12.7. The summed E-state index contributed by atoms with van der Waals surface area (Å²) < 4.78 is 13.0. The summed E-state index contributed by atoms with van der Waals surface area (Å²) in [5, 5.41) is 4.14. The van der Waals surface area contributed by atoms with E-state index in [-0.39, 0.29) is 18.1 Å². The number of amides is 1. The van der Waals surface area contributed by atoms with Gasteiger partial charge in [0.2, 0.25) is 5.91 Å². The van der Waals surface area contributed by atoms with Gasteiger partial charge in [0, 0.05) is 32.8 Å². The lowest BCUT2D eigenvalue weighted by Crippen LogP contribution is -2.54. The van der Waals surface area contributed by atoms with Gasteiger partial charge in [-0.2, -0.15) is 5.10 Å². The number of morpholine rings is 1. The highest BCUT2D eigenvalue weighted by atomic mass is 16.5. The van der Waals surface area contributed by atoms with Crippen LogP contribution in [0.1, 0.15) is 24.8 Å². The van der Waals surface area contributed by atoms with E-state index in [1.165, 1.54) is 6.42 Å². The van der Waals surface area contributed by atoms with E-state index in [1.807, 2.05) is 18.1 Å². The number of carbonyl (C=O) groups excluding carboxylic acids is 1. The predicted molar refractivity (Wildman–Crippen MR) is 81.4 cm³/mol. The molecule has 0 bridgehead atoms. The lowest BCUT2D eigenvalue weighted by molar-refractivity contribution is -0.143. The van der Waals surface area contributed by atoms with Crippen molar-refractivity contribution in [3.05, 3.63) is 18.0 Å². The highest BCUT2D eigenvalue weighted by molar-refractivity contribution is 5.79. The molecular weight excluding hydrogens is 282 g/mol. The van der Waals surface area contributed by atoms with Gasteiger partial charge in [-0.15, -0.1) is 0 Å². The van der Waals surface area contributed by atoms with Gasteiger partial charge in [0.25, 0.3) is 0 Å². The molecule has 0 radical (unpaired) electrons. The van der Waals surface area contributed by atoms with E-state index >= 15 is 0 Å². The molecule has 1 saturated heterocycles. The maximum Gasteiger partial charge on any atom is 0.227 e. The maximum absolute atomic E-state index is 12.7. The fourth-order valence-corrected chi connectivity index (χ4v) is 3.81. The molecule has 0 spiro atoms. The zero-order valence-electron chi connectivity index (χ0n) is 13.4. The molecule has 3 rings (SSSR count). The van der Waals surface area contributed by atoms with E-state index < -0.39 is 0 Å². The van der Waals surface area contributed by atoms with Crippen molar-refractivity contribution in [2.24, 2.45) is 13.0 Å². The Bertz CT molecular complexity index is 516. The summed E-state index contributed by atoms with van der Waals surface area (Å²) in [6.07, 6.45) is 7.70. The Morgan fingerprint density at radius 1 is 1.50 bits per heavy atom. The number of carbonyl (C=O) groups is 1. The Balaban J connectivity index is 1.70. The van der Waals surface area contributed by atoms with Crippen molar-refractivity contribution in [3.8, 4) is 0 Å². The highest BCUT2D eigenvalue weighted by Gasteiger charge is 2.40. The monoisotopic (exact) mass is 307 g/mol. The summed E-state index contributed by atoms with van der Waals surface area (Å²) in [4.78, 5) is 14.7. The summed E-state index contributed by atoms with van der Waals surface area (Å²) in [5.41, 5.74) is 0.965. The first-order valence-corrected chi connectivity index (χ1v) is 8.06. The van der Waals surface area contributed by atoms with Gasteiger partial charge in [-0.05, 0) is 18.4 Å². The normalized spacial score (nSPS) is 29.0. The molecule has 6 nitrogen and oxygen atoms in total. The number of hydrogen-bond acceptors (Lipinski definition) is 4. The molecular formula is C16H25N3O3. The Morgan fingerprint density at radius 2 is 2.36 bits per heavy atom. The molecule has 1 aromatic heterocycles. The standard InChI is InChI=1S/C16H25N3O3/c1-18-10-12(9-17-18)8-16(20)19-6-7-22-11-14(19)13-4-3-5-15(13)21-2/h9-10,13-15H,3-8,11H2,1-2H3. The van der Waals surface area contributed by atoms with Gasteiger partial charge in [-0.1, -0.05) is 6.42 Å². The van der Waals surface area contributed by atoms with Crippen LogP contribution in [0.25, 0.3) is 0 Å². The van der Waals surface area contributed by atoms with E-state index in [0.717, 1.165) is 18.4 Å². The van der Waals surface area contributed by atoms with Crippen molar-refractivity contribution >= 4 is 5.91 Å². The Hall–Kier alpha value is -1.40. The van der Waals surface area contributed by atoms with Gasteiger partial charge >= 0.3 is 0 Å². The average molecular weight is 307 g/mol. The summed E-state index contributed by atoms with van der Waals surface area (Å²) in [6, 6.07) is 0.144. The number of rotatable bonds is 4. The van der Waals surface area contributed by atoms with Crippen molar-refractivity contribution in [2.45, 2.75) is 37.8 Å². The van der Waals surface area contributed by atoms with Crippen LogP contribution in [0.2, 0.25) is 0 Å². The minimum Gasteiger partial charge on any atom is -0.381 e. The van der Waals surface area contributed by atoms with Gasteiger partial charge in [0.15, 0.2) is 0 Å². The van der Waals surface area contributed by atoms with Crippen LogP contribution in [0.3, 0.4) is 0 Å². The van der Waals surface area contributed by atoms with Gasteiger partial charge in [-0.3, -0.25) is 9.48 Å². The largest absolute Gasteiger partial charge is 0.381 e. The predicted octanol–water partition coefficient (Wildman–Crippen LogP) is 1.01. The first-order chi connectivity index (χ1) is 10.7. The second kappa shape index (κ2) is 6.79. The first kappa shape index (κ1) is 15.5. The molecule has 0 aromatic carbocycles. The fraction of sp³-hybridized carbons (Fsp3) is 0.750. The Morgan fingerprint density at radius 3 is 3.09 bits per heavy atom. The quantitative estimate of drug-likeness (QED) is 0.833. The molecule has 3 atom stereocenters. The number of hydrogen-bond donors (Lipinski definition) is 0. The molecule has 1 aliphatic heterocycles. The zero-order chi connectivity index (χ0) is 15.5. The van der Waals surface area contributed by atoms with Crippen LogP contribution in [0, 0.1) is 5.92 Å². The van der Waals surface area contributed by atoms with E-state index in [9.17, 15) is 4.79 Å². The topological polar surface area (TPSA) is 56.6 Å². The molecule has 2 fully saturated rings. The minimum atomic E-state index is 0.144. The Kier molecular flexibility index (Phi) is 4.78. The Labute approximate surface area is 131 Å². The molecule has 1 aromatic rings. The molecule has 3 unspecified atom stereocenters. The smallest absolute Gasteiger partial charge is 0.227 e. The second-order valence-electron chi connectivity index (χ2n) is 6.30. The molecule has 2 aliphatic rings. The van der Waals surface area contributed by atoms with E-state index in [1.54, 1.807) is 18.0 Å². The average Bonchev–Trinajstić information content (AvgIpc) is 3.15.